The van der Waals surface area contributed by atoms with Crippen LogP contribution in [0.25, 0.3) is 0 Å². The molecule has 0 radical (unpaired) electrons. The normalized spacial score (nSPS) is 21.6. The summed E-state index contributed by atoms with van der Waals surface area (Å²) in [6, 6.07) is 5.21. The zero-order chi connectivity index (χ0) is 20.9. The zero-order valence-corrected chi connectivity index (χ0v) is 18.0. The highest BCUT2D eigenvalue weighted by molar-refractivity contribution is 7.89. The van der Waals surface area contributed by atoms with E-state index in [1.54, 1.807) is 24.5 Å². The summed E-state index contributed by atoms with van der Waals surface area (Å²) >= 11 is 0. The lowest BCUT2D eigenvalue weighted by molar-refractivity contribution is 0.00578. The number of H-pyrrole nitrogens is 1. The summed E-state index contributed by atoms with van der Waals surface area (Å²) in [5.74, 6) is 0.540. The first kappa shape index (κ1) is 20.4. The second-order valence-electron chi connectivity index (χ2n) is 8.51. The predicted molar refractivity (Wildman–Crippen MR) is 112 cm³/mol. The van der Waals surface area contributed by atoms with Crippen LogP contribution in [0.15, 0.2) is 35.5 Å². The SMILES string of the molecule is CC1(C)OB(c2ccc(Nc3ncc[nH]3)cc2S(=O)(=O)N2CCCC2)OC1(C)C. The number of sulfonamides is 1. The molecule has 8 nitrogen and oxygen atoms in total. The smallest absolute Gasteiger partial charge is 0.399 e. The van der Waals surface area contributed by atoms with Gasteiger partial charge in [-0.25, -0.2) is 13.4 Å². The van der Waals surface area contributed by atoms with E-state index in [-0.39, 0.29) is 4.90 Å². The number of benzene rings is 1. The van der Waals surface area contributed by atoms with Crippen molar-refractivity contribution in [2.75, 3.05) is 18.4 Å². The van der Waals surface area contributed by atoms with Crippen molar-refractivity contribution in [3.05, 3.63) is 30.6 Å². The topological polar surface area (TPSA) is 96.5 Å². The summed E-state index contributed by atoms with van der Waals surface area (Å²) in [7, 11) is -4.44. The third-order valence-corrected chi connectivity index (χ3v) is 7.92. The van der Waals surface area contributed by atoms with Crippen LogP contribution in [0.1, 0.15) is 40.5 Å². The summed E-state index contributed by atoms with van der Waals surface area (Å²) in [5, 5.41) is 3.11. The first-order chi connectivity index (χ1) is 13.6. The molecular weight excluding hydrogens is 391 g/mol. The van der Waals surface area contributed by atoms with Crippen molar-refractivity contribution in [2.45, 2.75) is 56.6 Å². The van der Waals surface area contributed by atoms with Gasteiger partial charge in [0.15, 0.2) is 0 Å². The Labute approximate surface area is 172 Å². The van der Waals surface area contributed by atoms with E-state index in [0.29, 0.717) is 30.2 Å². The van der Waals surface area contributed by atoms with Crippen LogP contribution in [0.2, 0.25) is 0 Å². The van der Waals surface area contributed by atoms with Crippen LogP contribution in [0.3, 0.4) is 0 Å². The van der Waals surface area contributed by atoms with Gasteiger partial charge in [-0.3, -0.25) is 0 Å². The Kier molecular flexibility index (Phi) is 5.01. The van der Waals surface area contributed by atoms with E-state index < -0.39 is 28.3 Å². The quantitative estimate of drug-likeness (QED) is 0.723. The Morgan fingerprint density at radius 1 is 1.14 bits per heavy atom. The van der Waals surface area contributed by atoms with Crippen molar-refractivity contribution in [1.29, 1.82) is 0 Å². The molecule has 2 aliphatic heterocycles. The molecule has 1 aromatic heterocycles. The molecule has 0 aliphatic carbocycles. The van der Waals surface area contributed by atoms with Crippen molar-refractivity contribution in [3.8, 4) is 0 Å². The van der Waals surface area contributed by atoms with Gasteiger partial charge in [-0.1, -0.05) is 6.07 Å². The average molecular weight is 418 g/mol. The van der Waals surface area contributed by atoms with Crippen molar-refractivity contribution in [2.24, 2.45) is 0 Å². The summed E-state index contributed by atoms with van der Waals surface area (Å²) in [6.07, 6.45) is 5.07. The zero-order valence-electron chi connectivity index (χ0n) is 17.2. The minimum atomic E-state index is -3.68. The molecule has 0 unspecified atom stereocenters. The number of rotatable bonds is 5. The molecule has 0 saturated carbocycles. The van der Waals surface area contributed by atoms with E-state index in [1.807, 2.05) is 33.8 Å². The number of aromatic nitrogens is 2. The largest absolute Gasteiger partial charge is 0.496 e. The van der Waals surface area contributed by atoms with Gasteiger partial charge in [0.2, 0.25) is 16.0 Å². The molecule has 2 aliphatic rings. The summed E-state index contributed by atoms with van der Waals surface area (Å²) < 4.78 is 40.7. The monoisotopic (exact) mass is 418 g/mol. The molecule has 3 heterocycles. The number of nitrogens with one attached hydrogen (secondary N) is 2. The first-order valence-corrected chi connectivity index (χ1v) is 11.3. The average Bonchev–Trinajstić information content (AvgIpc) is 3.37. The van der Waals surface area contributed by atoms with Crippen molar-refractivity contribution in [1.82, 2.24) is 14.3 Å². The van der Waals surface area contributed by atoms with Crippen molar-refractivity contribution in [3.63, 3.8) is 0 Å². The summed E-state index contributed by atoms with van der Waals surface area (Å²) in [6.45, 7) is 8.87. The Morgan fingerprint density at radius 2 is 1.79 bits per heavy atom. The van der Waals surface area contributed by atoms with Crippen LogP contribution in [0.4, 0.5) is 11.6 Å². The lowest BCUT2D eigenvalue weighted by Gasteiger charge is -2.32. The summed E-state index contributed by atoms with van der Waals surface area (Å²) in [5.41, 5.74) is 0.0213. The van der Waals surface area contributed by atoms with Crippen LogP contribution in [0.5, 0.6) is 0 Å². The molecule has 4 rings (SSSR count). The van der Waals surface area contributed by atoms with Gasteiger partial charge in [-0.05, 0) is 52.7 Å². The van der Waals surface area contributed by atoms with Gasteiger partial charge < -0.3 is 19.6 Å². The van der Waals surface area contributed by atoms with E-state index >= 15 is 0 Å². The predicted octanol–water partition coefficient (Wildman–Crippen LogP) is 2.24. The van der Waals surface area contributed by atoms with E-state index in [4.69, 9.17) is 9.31 Å². The molecule has 10 heteroatoms. The maximum Gasteiger partial charge on any atom is 0.496 e. The van der Waals surface area contributed by atoms with Crippen LogP contribution in [-0.2, 0) is 19.3 Å². The second kappa shape index (κ2) is 7.12. The minimum absolute atomic E-state index is 0.203. The van der Waals surface area contributed by atoms with Crippen LogP contribution in [-0.4, -0.2) is 54.1 Å². The van der Waals surface area contributed by atoms with Crippen LogP contribution >= 0.6 is 0 Å². The van der Waals surface area contributed by atoms with Gasteiger partial charge in [0, 0.05) is 36.6 Å². The highest BCUT2D eigenvalue weighted by Gasteiger charge is 2.53. The Hall–Kier alpha value is -1.88. The fraction of sp³-hybridized carbons (Fsp3) is 0.526. The van der Waals surface area contributed by atoms with Gasteiger partial charge in [-0.2, -0.15) is 4.31 Å². The molecule has 0 bridgehead atoms. The number of hydrogen-bond donors (Lipinski definition) is 2. The fourth-order valence-electron chi connectivity index (χ4n) is 3.54. The molecular formula is C19H27BN4O4S. The van der Waals surface area contributed by atoms with E-state index in [0.717, 1.165) is 12.8 Å². The molecule has 2 fully saturated rings. The molecule has 2 N–H and O–H groups in total. The number of anilines is 2. The summed E-state index contributed by atoms with van der Waals surface area (Å²) in [4.78, 5) is 7.30. The minimum Gasteiger partial charge on any atom is -0.399 e. The first-order valence-electron chi connectivity index (χ1n) is 9.86. The van der Waals surface area contributed by atoms with Crippen LogP contribution < -0.4 is 10.8 Å². The Bertz CT molecular complexity index is 970. The van der Waals surface area contributed by atoms with E-state index in [1.165, 1.54) is 4.31 Å². The molecule has 2 saturated heterocycles. The van der Waals surface area contributed by atoms with E-state index in [9.17, 15) is 8.42 Å². The molecule has 29 heavy (non-hydrogen) atoms. The van der Waals surface area contributed by atoms with Crippen molar-refractivity contribution >= 4 is 34.2 Å². The van der Waals surface area contributed by atoms with Gasteiger partial charge in [0.05, 0.1) is 16.1 Å². The number of nitrogens with zero attached hydrogens (tertiary/aromatic N) is 2. The molecule has 0 atom stereocenters. The second-order valence-corrected chi connectivity index (χ2v) is 10.4. The molecule has 1 aromatic carbocycles. The molecule has 0 amide bonds. The maximum absolute atomic E-state index is 13.5. The lowest BCUT2D eigenvalue weighted by Crippen LogP contribution is -2.41. The Morgan fingerprint density at radius 3 is 2.38 bits per heavy atom. The van der Waals surface area contributed by atoms with Crippen molar-refractivity contribution < 1.29 is 17.7 Å². The standard InChI is InChI=1S/C19H27BN4O4S/c1-18(2)19(3,4)28-20(27-18)15-8-7-14(23-17-21-9-10-22-17)13-16(15)29(25,26)24-11-5-6-12-24/h7-10,13H,5-6,11-12H2,1-4H3,(H2,21,22,23). The van der Waals surface area contributed by atoms with Gasteiger partial charge in [0.25, 0.3) is 0 Å². The maximum atomic E-state index is 13.5. The third-order valence-electron chi connectivity index (χ3n) is 5.96. The van der Waals surface area contributed by atoms with E-state index in [2.05, 4.69) is 15.3 Å². The highest BCUT2D eigenvalue weighted by atomic mass is 32.2. The van der Waals surface area contributed by atoms with Gasteiger partial charge in [-0.15, -0.1) is 0 Å². The lowest BCUT2D eigenvalue weighted by atomic mass is 9.79. The molecule has 2 aromatic rings. The number of hydrogen-bond acceptors (Lipinski definition) is 6. The molecule has 156 valence electrons. The van der Waals surface area contributed by atoms with Gasteiger partial charge >= 0.3 is 7.12 Å². The van der Waals surface area contributed by atoms with Gasteiger partial charge in [0.1, 0.15) is 0 Å². The van der Waals surface area contributed by atoms with Crippen LogP contribution in [0, 0.1) is 0 Å². The molecule has 0 spiro atoms. The number of imidazole rings is 1. The third kappa shape index (κ3) is 3.70. The Balaban J connectivity index is 1.76. The number of aromatic amines is 1. The fourth-order valence-corrected chi connectivity index (χ4v) is 5.29. The highest BCUT2D eigenvalue weighted by Crippen LogP contribution is 2.37.